The van der Waals surface area contributed by atoms with Gasteiger partial charge < -0.3 is 9.47 Å². The molecule has 0 aromatic heterocycles. The molecular weight excluding hydrogens is 292 g/mol. The SMILES string of the molecule is COCCOc1ccccc1C(NN)C1CCS(=O)(=O)C1. The third-order valence-electron chi connectivity index (χ3n) is 3.72. The van der Waals surface area contributed by atoms with Crippen molar-refractivity contribution in [3.8, 4) is 5.75 Å². The molecule has 21 heavy (non-hydrogen) atoms. The Kier molecular flexibility index (Phi) is 5.58. The summed E-state index contributed by atoms with van der Waals surface area (Å²) in [5, 5.41) is 0. The maximum atomic E-state index is 11.7. The summed E-state index contributed by atoms with van der Waals surface area (Å²) in [6.45, 7) is 0.931. The van der Waals surface area contributed by atoms with Gasteiger partial charge in [0, 0.05) is 12.7 Å². The normalized spacial score (nSPS) is 22.1. The van der Waals surface area contributed by atoms with Crippen LogP contribution in [0.2, 0.25) is 0 Å². The van der Waals surface area contributed by atoms with E-state index in [9.17, 15) is 8.42 Å². The number of benzene rings is 1. The van der Waals surface area contributed by atoms with Crippen LogP contribution in [0.1, 0.15) is 18.0 Å². The van der Waals surface area contributed by atoms with Crippen molar-refractivity contribution in [1.82, 2.24) is 5.43 Å². The van der Waals surface area contributed by atoms with E-state index in [-0.39, 0.29) is 23.5 Å². The van der Waals surface area contributed by atoms with Gasteiger partial charge in [0.05, 0.1) is 24.2 Å². The number of nitrogens with two attached hydrogens (primary N) is 1. The molecular formula is C14H22N2O4S. The summed E-state index contributed by atoms with van der Waals surface area (Å²) in [7, 11) is -1.33. The number of rotatable bonds is 7. The van der Waals surface area contributed by atoms with Gasteiger partial charge in [0.2, 0.25) is 0 Å². The monoisotopic (exact) mass is 314 g/mol. The molecule has 0 spiro atoms. The van der Waals surface area contributed by atoms with Crippen LogP contribution in [-0.4, -0.2) is 40.2 Å². The van der Waals surface area contributed by atoms with Gasteiger partial charge in [0.1, 0.15) is 12.4 Å². The Morgan fingerprint density at radius 2 is 2.14 bits per heavy atom. The van der Waals surface area contributed by atoms with Crippen LogP contribution in [0.3, 0.4) is 0 Å². The fourth-order valence-electron chi connectivity index (χ4n) is 2.67. The standard InChI is InChI=1S/C14H22N2O4S/c1-19-7-8-20-13-5-3-2-4-12(13)14(16-15)11-6-9-21(17,18)10-11/h2-5,11,14,16H,6-10,15H2,1H3. The second-order valence-corrected chi connectivity index (χ2v) is 7.42. The molecule has 2 rings (SSSR count). The minimum atomic E-state index is -2.95. The second kappa shape index (κ2) is 7.22. The molecule has 0 radical (unpaired) electrons. The molecule has 1 heterocycles. The highest BCUT2D eigenvalue weighted by Gasteiger charge is 2.35. The van der Waals surface area contributed by atoms with Crippen LogP contribution < -0.4 is 16.0 Å². The Morgan fingerprint density at radius 3 is 2.76 bits per heavy atom. The Morgan fingerprint density at radius 1 is 1.38 bits per heavy atom. The van der Waals surface area contributed by atoms with Crippen molar-refractivity contribution < 1.29 is 17.9 Å². The lowest BCUT2D eigenvalue weighted by Gasteiger charge is -2.24. The summed E-state index contributed by atoms with van der Waals surface area (Å²) in [5.74, 6) is 6.73. The van der Waals surface area contributed by atoms with Crippen molar-refractivity contribution in [2.45, 2.75) is 12.5 Å². The highest BCUT2D eigenvalue weighted by atomic mass is 32.2. The van der Waals surface area contributed by atoms with Gasteiger partial charge in [0.15, 0.2) is 9.84 Å². The predicted octanol–water partition coefficient (Wildman–Crippen LogP) is 0.651. The molecule has 0 bridgehead atoms. The fourth-order valence-corrected chi connectivity index (χ4v) is 4.51. The zero-order valence-corrected chi connectivity index (χ0v) is 12.9. The van der Waals surface area contributed by atoms with E-state index in [1.165, 1.54) is 0 Å². The molecule has 1 aliphatic heterocycles. The zero-order valence-electron chi connectivity index (χ0n) is 12.1. The van der Waals surface area contributed by atoms with Crippen LogP contribution in [0, 0.1) is 5.92 Å². The molecule has 1 aromatic rings. The van der Waals surface area contributed by atoms with Crippen LogP contribution in [0.4, 0.5) is 0 Å². The Hall–Kier alpha value is -1.15. The average molecular weight is 314 g/mol. The summed E-state index contributed by atoms with van der Waals surface area (Å²) in [6.07, 6.45) is 0.615. The number of hydrogen-bond donors (Lipinski definition) is 2. The summed E-state index contributed by atoms with van der Waals surface area (Å²) in [4.78, 5) is 0. The van der Waals surface area contributed by atoms with Gasteiger partial charge in [-0.3, -0.25) is 11.3 Å². The van der Waals surface area contributed by atoms with Crippen LogP contribution in [0.15, 0.2) is 24.3 Å². The second-order valence-electron chi connectivity index (χ2n) is 5.19. The van der Waals surface area contributed by atoms with Crippen molar-refractivity contribution in [2.75, 3.05) is 31.8 Å². The van der Waals surface area contributed by atoms with E-state index in [4.69, 9.17) is 15.3 Å². The van der Waals surface area contributed by atoms with E-state index in [0.29, 0.717) is 25.4 Å². The first-order chi connectivity index (χ1) is 10.1. The molecule has 3 N–H and O–H groups in total. The first kappa shape index (κ1) is 16.2. The lowest BCUT2D eigenvalue weighted by atomic mass is 9.92. The maximum absolute atomic E-state index is 11.7. The number of ether oxygens (including phenoxy) is 2. The van der Waals surface area contributed by atoms with Crippen LogP contribution >= 0.6 is 0 Å². The molecule has 1 fully saturated rings. The average Bonchev–Trinajstić information content (AvgIpc) is 2.82. The highest BCUT2D eigenvalue weighted by Crippen LogP contribution is 2.35. The number of sulfone groups is 1. The summed E-state index contributed by atoms with van der Waals surface area (Å²) >= 11 is 0. The lowest BCUT2D eigenvalue weighted by Crippen LogP contribution is -2.34. The van der Waals surface area contributed by atoms with Crippen LogP contribution in [-0.2, 0) is 14.6 Å². The van der Waals surface area contributed by atoms with E-state index in [2.05, 4.69) is 5.43 Å². The van der Waals surface area contributed by atoms with Gasteiger partial charge in [-0.25, -0.2) is 8.42 Å². The van der Waals surface area contributed by atoms with Crippen molar-refractivity contribution in [3.63, 3.8) is 0 Å². The quantitative estimate of drug-likeness (QED) is 0.436. The summed E-state index contributed by atoms with van der Waals surface area (Å²) < 4.78 is 34.0. The van der Waals surface area contributed by atoms with Crippen molar-refractivity contribution in [3.05, 3.63) is 29.8 Å². The van der Waals surface area contributed by atoms with E-state index in [1.807, 2.05) is 24.3 Å². The number of para-hydroxylation sites is 1. The first-order valence-corrected chi connectivity index (χ1v) is 8.76. The molecule has 0 aliphatic carbocycles. The van der Waals surface area contributed by atoms with E-state index >= 15 is 0 Å². The molecule has 0 amide bonds. The van der Waals surface area contributed by atoms with E-state index in [1.54, 1.807) is 7.11 Å². The lowest BCUT2D eigenvalue weighted by molar-refractivity contribution is 0.145. The van der Waals surface area contributed by atoms with E-state index in [0.717, 1.165) is 5.56 Å². The Bertz CT molecular complexity index is 562. The van der Waals surface area contributed by atoms with Gasteiger partial charge in [-0.1, -0.05) is 18.2 Å². The van der Waals surface area contributed by atoms with Gasteiger partial charge in [-0.2, -0.15) is 0 Å². The molecule has 118 valence electrons. The van der Waals surface area contributed by atoms with Gasteiger partial charge >= 0.3 is 0 Å². The molecule has 1 aromatic carbocycles. The smallest absolute Gasteiger partial charge is 0.150 e. The Labute approximate surface area is 125 Å². The number of hydrogen-bond acceptors (Lipinski definition) is 6. The topological polar surface area (TPSA) is 90.7 Å². The Balaban J connectivity index is 2.18. The molecule has 7 heteroatoms. The third kappa shape index (κ3) is 4.16. The van der Waals surface area contributed by atoms with Gasteiger partial charge in [-0.15, -0.1) is 0 Å². The number of hydrazine groups is 1. The maximum Gasteiger partial charge on any atom is 0.150 e. The molecule has 0 saturated carbocycles. The summed E-state index contributed by atoms with van der Waals surface area (Å²) in [5.41, 5.74) is 3.64. The molecule has 2 unspecified atom stereocenters. The number of nitrogens with one attached hydrogen (secondary N) is 1. The first-order valence-electron chi connectivity index (χ1n) is 6.94. The van der Waals surface area contributed by atoms with Crippen LogP contribution in [0.5, 0.6) is 5.75 Å². The minimum absolute atomic E-state index is 0.0350. The molecule has 2 atom stereocenters. The molecule has 6 nitrogen and oxygen atoms in total. The third-order valence-corrected chi connectivity index (χ3v) is 5.51. The molecule has 1 saturated heterocycles. The van der Waals surface area contributed by atoms with Crippen molar-refractivity contribution in [2.24, 2.45) is 11.8 Å². The highest BCUT2D eigenvalue weighted by molar-refractivity contribution is 7.91. The van der Waals surface area contributed by atoms with Crippen LogP contribution in [0.25, 0.3) is 0 Å². The minimum Gasteiger partial charge on any atom is -0.491 e. The summed E-state index contributed by atoms with van der Waals surface area (Å²) in [6, 6.07) is 7.31. The zero-order chi connectivity index (χ0) is 15.3. The number of methoxy groups -OCH3 is 1. The van der Waals surface area contributed by atoms with Gasteiger partial charge in [0.25, 0.3) is 0 Å². The van der Waals surface area contributed by atoms with Gasteiger partial charge in [-0.05, 0) is 18.4 Å². The molecule has 1 aliphatic rings. The van der Waals surface area contributed by atoms with Crippen molar-refractivity contribution in [1.29, 1.82) is 0 Å². The largest absolute Gasteiger partial charge is 0.491 e. The fraction of sp³-hybridized carbons (Fsp3) is 0.571. The predicted molar refractivity (Wildman–Crippen MR) is 80.6 cm³/mol. The van der Waals surface area contributed by atoms with Crippen molar-refractivity contribution >= 4 is 9.84 Å². The van der Waals surface area contributed by atoms with E-state index < -0.39 is 9.84 Å².